The minimum Gasteiger partial charge on any atom is -0.357 e. The molecule has 23 heavy (non-hydrogen) atoms. The molecule has 0 aromatic heterocycles. The Labute approximate surface area is 140 Å². The summed E-state index contributed by atoms with van der Waals surface area (Å²) < 4.78 is 0. The molecule has 5 heteroatoms. The molecular formula is C18H30N4O. The Morgan fingerprint density at radius 3 is 2.39 bits per heavy atom. The molecule has 1 amide bonds. The topological polar surface area (TPSA) is 47.9 Å². The number of aliphatic imine (C=N–C) groups is 1. The molecule has 0 aliphatic rings. The maximum absolute atomic E-state index is 12.3. The van der Waals surface area contributed by atoms with E-state index in [2.05, 4.69) is 29.4 Å². The van der Waals surface area contributed by atoms with Gasteiger partial charge in [-0.1, -0.05) is 24.3 Å². The van der Waals surface area contributed by atoms with Gasteiger partial charge in [0.2, 0.25) is 5.91 Å². The number of benzene rings is 1. The van der Waals surface area contributed by atoms with Crippen LogP contribution in [0.15, 0.2) is 29.3 Å². The van der Waals surface area contributed by atoms with Gasteiger partial charge in [0.05, 0.1) is 13.1 Å². The Hall–Kier alpha value is -2.04. The van der Waals surface area contributed by atoms with Gasteiger partial charge in [0, 0.05) is 26.7 Å². The summed E-state index contributed by atoms with van der Waals surface area (Å²) in [6, 6.07) is 8.23. The maximum atomic E-state index is 12.3. The van der Waals surface area contributed by atoms with E-state index >= 15 is 0 Å². The van der Waals surface area contributed by atoms with Crippen LogP contribution in [-0.2, 0) is 11.3 Å². The van der Waals surface area contributed by atoms with Crippen LogP contribution in [-0.4, -0.2) is 54.9 Å². The van der Waals surface area contributed by atoms with Gasteiger partial charge in [-0.3, -0.25) is 4.79 Å². The van der Waals surface area contributed by atoms with Crippen molar-refractivity contribution >= 4 is 11.9 Å². The molecule has 128 valence electrons. The second kappa shape index (κ2) is 9.87. The second-order valence-electron chi connectivity index (χ2n) is 5.52. The summed E-state index contributed by atoms with van der Waals surface area (Å²) in [5, 5.41) is 3.26. The summed E-state index contributed by atoms with van der Waals surface area (Å²) in [5.41, 5.74) is 2.43. The molecule has 0 unspecified atom stereocenters. The number of aryl methyl sites for hydroxylation is 1. The van der Waals surface area contributed by atoms with E-state index in [-0.39, 0.29) is 5.91 Å². The smallest absolute Gasteiger partial charge is 0.242 e. The molecule has 0 fully saturated rings. The molecule has 0 radical (unpaired) electrons. The van der Waals surface area contributed by atoms with Crippen LogP contribution in [0.1, 0.15) is 31.9 Å². The van der Waals surface area contributed by atoms with E-state index in [0.29, 0.717) is 13.1 Å². The van der Waals surface area contributed by atoms with Crippen LogP contribution in [0.2, 0.25) is 0 Å². The van der Waals surface area contributed by atoms with Gasteiger partial charge in [0.25, 0.3) is 0 Å². The van der Waals surface area contributed by atoms with Crippen LogP contribution >= 0.6 is 0 Å². The molecular weight excluding hydrogens is 288 g/mol. The molecule has 0 heterocycles. The second-order valence-corrected chi connectivity index (χ2v) is 5.52. The number of carbonyl (C=O) groups excluding carboxylic acids is 1. The first-order valence-electron chi connectivity index (χ1n) is 8.35. The van der Waals surface area contributed by atoms with Crippen molar-refractivity contribution in [3.05, 3.63) is 35.4 Å². The largest absolute Gasteiger partial charge is 0.357 e. The van der Waals surface area contributed by atoms with Crippen molar-refractivity contribution in [2.24, 2.45) is 4.99 Å². The van der Waals surface area contributed by atoms with E-state index in [0.717, 1.165) is 25.6 Å². The Balaban J connectivity index is 2.78. The van der Waals surface area contributed by atoms with Gasteiger partial charge in [-0.2, -0.15) is 0 Å². The van der Waals surface area contributed by atoms with Crippen molar-refractivity contribution in [1.82, 2.24) is 15.1 Å². The lowest BCUT2D eigenvalue weighted by atomic mass is 10.1. The van der Waals surface area contributed by atoms with Crippen LogP contribution in [0.5, 0.6) is 0 Å². The van der Waals surface area contributed by atoms with Crippen molar-refractivity contribution in [2.75, 3.05) is 33.2 Å². The molecule has 1 N–H and O–H groups in total. The van der Waals surface area contributed by atoms with Gasteiger partial charge in [-0.15, -0.1) is 0 Å². The zero-order valence-corrected chi connectivity index (χ0v) is 15.1. The average molecular weight is 318 g/mol. The van der Waals surface area contributed by atoms with Crippen molar-refractivity contribution in [1.29, 1.82) is 0 Å². The molecule has 0 aliphatic carbocycles. The highest BCUT2D eigenvalue weighted by molar-refractivity contribution is 5.86. The fourth-order valence-electron chi connectivity index (χ4n) is 2.37. The lowest BCUT2D eigenvalue weighted by Crippen LogP contribution is -2.45. The van der Waals surface area contributed by atoms with Gasteiger partial charge in [-0.25, -0.2) is 4.99 Å². The number of carbonyl (C=O) groups is 1. The predicted molar refractivity (Wildman–Crippen MR) is 96.6 cm³/mol. The molecule has 1 aromatic rings. The summed E-state index contributed by atoms with van der Waals surface area (Å²) in [4.78, 5) is 20.6. The molecule has 0 saturated carbocycles. The molecule has 1 rings (SSSR count). The lowest BCUT2D eigenvalue weighted by Gasteiger charge is -2.25. The maximum Gasteiger partial charge on any atom is 0.242 e. The third kappa shape index (κ3) is 5.93. The van der Waals surface area contributed by atoms with Crippen LogP contribution < -0.4 is 5.32 Å². The fraction of sp³-hybridized carbons (Fsp3) is 0.556. The number of hydrogen-bond acceptors (Lipinski definition) is 2. The molecule has 0 atom stereocenters. The summed E-state index contributed by atoms with van der Waals surface area (Å²) >= 11 is 0. The monoisotopic (exact) mass is 318 g/mol. The first kappa shape index (κ1) is 19.0. The minimum atomic E-state index is 0.124. The van der Waals surface area contributed by atoms with Gasteiger partial charge < -0.3 is 15.1 Å². The lowest BCUT2D eigenvalue weighted by molar-refractivity contribution is -0.131. The molecule has 0 bridgehead atoms. The summed E-state index contributed by atoms with van der Waals surface area (Å²) in [5.74, 6) is 0.884. The van der Waals surface area contributed by atoms with Gasteiger partial charge >= 0.3 is 0 Å². The first-order chi connectivity index (χ1) is 11.0. The standard InChI is InChI=1S/C18H30N4O/c1-6-19-18(20-13-16-12-10-9-11-15(16)4)21(5)14-17(23)22(7-2)8-3/h9-12H,6-8,13-14H2,1-5H3,(H,19,20). The molecule has 1 aromatic carbocycles. The fourth-order valence-corrected chi connectivity index (χ4v) is 2.37. The van der Waals surface area contributed by atoms with Crippen LogP contribution in [0.4, 0.5) is 0 Å². The first-order valence-corrected chi connectivity index (χ1v) is 8.35. The third-order valence-corrected chi connectivity index (χ3v) is 3.85. The van der Waals surface area contributed by atoms with E-state index in [9.17, 15) is 4.79 Å². The van der Waals surface area contributed by atoms with Crippen molar-refractivity contribution in [3.63, 3.8) is 0 Å². The number of amides is 1. The van der Waals surface area contributed by atoms with Crippen molar-refractivity contribution < 1.29 is 4.79 Å². The third-order valence-electron chi connectivity index (χ3n) is 3.85. The highest BCUT2D eigenvalue weighted by Crippen LogP contribution is 2.08. The number of guanidine groups is 1. The van der Waals surface area contributed by atoms with E-state index in [4.69, 9.17) is 0 Å². The molecule has 0 saturated heterocycles. The van der Waals surface area contributed by atoms with E-state index in [1.54, 1.807) is 0 Å². The number of nitrogens with one attached hydrogen (secondary N) is 1. The van der Waals surface area contributed by atoms with Crippen molar-refractivity contribution in [3.8, 4) is 0 Å². The van der Waals surface area contributed by atoms with E-state index in [1.807, 2.05) is 49.8 Å². The zero-order valence-electron chi connectivity index (χ0n) is 15.1. The van der Waals surface area contributed by atoms with Crippen molar-refractivity contribution in [2.45, 2.75) is 34.2 Å². The highest BCUT2D eigenvalue weighted by atomic mass is 16.2. The number of hydrogen-bond donors (Lipinski definition) is 1. The number of rotatable bonds is 7. The minimum absolute atomic E-state index is 0.124. The molecule has 0 aliphatic heterocycles. The molecule has 5 nitrogen and oxygen atoms in total. The van der Waals surface area contributed by atoms with Crippen LogP contribution in [0, 0.1) is 6.92 Å². The normalized spacial score (nSPS) is 11.3. The van der Waals surface area contributed by atoms with Gasteiger partial charge in [-0.05, 0) is 38.8 Å². The zero-order chi connectivity index (χ0) is 17.2. The van der Waals surface area contributed by atoms with Gasteiger partial charge in [0.15, 0.2) is 5.96 Å². The van der Waals surface area contributed by atoms with E-state index < -0.39 is 0 Å². The Morgan fingerprint density at radius 1 is 1.17 bits per heavy atom. The van der Waals surface area contributed by atoms with Crippen LogP contribution in [0.3, 0.4) is 0 Å². The van der Waals surface area contributed by atoms with Crippen LogP contribution in [0.25, 0.3) is 0 Å². The average Bonchev–Trinajstić information content (AvgIpc) is 2.53. The molecule has 0 spiro atoms. The number of likely N-dealkylation sites (N-methyl/N-ethyl adjacent to an activating group) is 2. The Bertz CT molecular complexity index is 524. The number of nitrogens with zero attached hydrogens (tertiary/aromatic N) is 3. The summed E-state index contributed by atoms with van der Waals surface area (Å²) in [6.45, 7) is 11.3. The summed E-state index contributed by atoms with van der Waals surface area (Å²) in [6.07, 6.45) is 0. The Kier molecular flexibility index (Phi) is 8.16. The Morgan fingerprint density at radius 2 is 1.83 bits per heavy atom. The summed E-state index contributed by atoms with van der Waals surface area (Å²) in [7, 11) is 1.90. The predicted octanol–water partition coefficient (Wildman–Crippen LogP) is 2.26. The quantitative estimate of drug-likeness (QED) is 0.620. The highest BCUT2D eigenvalue weighted by Gasteiger charge is 2.14. The van der Waals surface area contributed by atoms with E-state index in [1.165, 1.54) is 11.1 Å². The SMILES string of the molecule is CCNC(=NCc1ccccc1C)N(C)CC(=O)N(CC)CC. The van der Waals surface area contributed by atoms with Gasteiger partial charge in [0.1, 0.15) is 0 Å².